The molecule has 1 saturated heterocycles. The average molecular weight is 626 g/mol. The van der Waals surface area contributed by atoms with Gasteiger partial charge in [-0.15, -0.1) is 0 Å². The van der Waals surface area contributed by atoms with Crippen LogP contribution in [-0.4, -0.2) is 66.9 Å². The number of ether oxygens (including phenoxy) is 1. The zero-order valence-corrected chi connectivity index (χ0v) is 24.0. The molecule has 0 spiro atoms. The first-order valence-electron chi connectivity index (χ1n) is 13.1. The fraction of sp³-hybridized carbons (Fsp3) is 0.370. The van der Waals surface area contributed by atoms with Crippen molar-refractivity contribution in [2.45, 2.75) is 43.4 Å². The summed E-state index contributed by atoms with van der Waals surface area (Å²) < 4.78 is 76.4. The van der Waals surface area contributed by atoms with E-state index in [1.165, 1.54) is 35.6 Å². The van der Waals surface area contributed by atoms with E-state index in [0.29, 0.717) is 12.5 Å². The minimum atomic E-state index is -3.95. The SMILES string of the molecule is CC(=O)Nc1ccc(S(=O)(=O)N2CCN(c3cnn(-c4cc(F)cc(F)c4)c(=O)c3OC3CCC(F)C3)CC2)cc1Cl. The first-order chi connectivity index (χ1) is 19.9. The van der Waals surface area contributed by atoms with Crippen LogP contribution >= 0.6 is 11.6 Å². The molecule has 2 aliphatic rings. The number of piperazine rings is 1. The lowest BCUT2D eigenvalue weighted by molar-refractivity contribution is -0.114. The second-order valence-corrected chi connectivity index (χ2v) is 12.4. The van der Waals surface area contributed by atoms with Gasteiger partial charge in [-0.3, -0.25) is 9.59 Å². The molecule has 15 heteroatoms. The maximum atomic E-state index is 13.9. The van der Waals surface area contributed by atoms with Crippen molar-refractivity contribution in [1.29, 1.82) is 0 Å². The molecule has 2 atom stereocenters. The van der Waals surface area contributed by atoms with E-state index in [-0.39, 0.29) is 77.7 Å². The van der Waals surface area contributed by atoms with E-state index in [9.17, 15) is 31.2 Å². The van der Waals surface area contributed by atoms with Crippen molar-refractivity contribution >= 4 is 38.9 Å². The van der Waals surface area contributed by atoms with Crippen LogP contribution in [0.5, 0.6) is 5.75 Å². The van der Waals surface area contributed by atoms with Gasteiger partial charge < -0.3 is 15.0 Å². The maximum Gasteiger partial charge on any atom is 0.316 e. The first kappa shape index (κ1) is 29.9. The van der Waals surface area contributed by atoms with Gasteiger partial charge in [-0.25, -0.2) is 21.6 Å². The standard InChI is InChI=1S/C27H27ClF3N5O5S/c1-16(37)33-24-5-4-22(14-23(24)28)42(39,40)35-8-6-34(7-9-35)25-15-32-36(20-11-18(30)10-19(31)12-20)27(38)26(25)41-21-3-2-17(29)13-21/h4-5,10-12,14-15,17,21H,2-3,6-9,13H2,1H3,(H,33,37). The Balaban J connectivity index is 1.40. The molecule has 2 aromatic carbocycles. The Morgan fingerprint density at radius 3 is 2.36 bits per heavy atom. The van der Waals surface area contributed by atoms with Crippen molar-refractivity contribution in [3.8, 4) is 11.4 Å². The number of halogens is 4. The molecule has 0 radical (unpaired) electrons. The molecule has 3 aromatic rings. The summed E-state index contributed by atoms with van der Waals surface area (Å²) in [5.74, 6) is -2.31. The Bertz CT molecular complexity index is 1660. The summed E-state index contributed by atoms with van der Waals surface area (Å²) >= 11 is 6.18. The Morgan fingerprint density at radius 2 is 1.76 bits per heavy atom. The van der Waals surface area contributed by atoms with Gasteiger partial charge in [0.15, 0.2) is 0 Å². The molecule has 2 fully saturated rings. The lowest BCUT2D eigenvalue weighted by Crippen LogP contribution is -2.49. The lowest BCUT2D eigenvalue weighted by Gasteiger charge is -2.36. The van der Waals surface area contributed by atoms with Gasteiger partial charge in [0.05, 0.1) is 27.5 Å². The van der Waals surface area contributed by atoms with Gasteiger partial charge in [0.2, 0.25) is 21.7 Å². The summed E-state index contributed by atoms with van der Waals surface area (Å²) in [5, 5.41) is 6.70. The molecule has 2 unspecified atom stereocenters. The third kappa shape index (κ3) is 6.25. The van der Waals surface area contributed by atoms with Crippen molar-refractivity contribution in [3.63, 3.8) is 0 Å². The lowest BCUT2D eigenvalue weighted by atomic mass is 10.2. The van der Waals surface area contributed by atoms with E-state index in [0.717, 1.165) is 16.8 Å². The van der Waals surface area contributed by atoms with Crippen LogP contribution < -0.4 is 20.5 Å². The van der Waals surface area contributed by atoms with Crippen molar-refractivity contribution in [1.82, 2.24) is 14.1 Å². The maximum absolute atomic E-state index is 13.9. The van der Waals surface area contributed by atoms with Gasteiger partial charge in [0.25, 0.3) is 0 Å². The molecule has 1 aliphatic carbocycles. The smallest absolute Gasteiger partial charge is 0.316 e. The van der Waals surface area contributed by atoms with Gasteiger partial charge in [0, 0.05) is 45.6 Å². The molecule has 2 heterocycles. The number of benzene rings is 2. The molecule has 1 amide bonds. The van der Waals surface area contributed by atoms with Crippen molar-refractivity contribution in [2.24, 2.45) is 0 Å². The van der Waals surface area contributed by atoms with Crippen LogP contribution in [0.2, 0.25) is 5.02 Å². The van der Waals surface area contributed by atoms with E-state index in [4.69, 9.17) is 16.3 Å². The third-order valence-corrected chi connectivity index (χ3v) is 9.29. The zero-order chi connectivity index (χ0) is 30.2. The number of carbonyl (C=O) groups excluding carboxylic acids is 1. The zero-order valence-electron chi connectivity index (χ0n) is 22.4. The molecular weight excluding hydrogens is 599 g/mol. The van der Waals surface area contributed by atoms with E-state index in [1.807, 2.05) is 0 Å². The van der Waals surface area contributed by atoms with Crippen LogP contribution in [0.1, 0.15) is 26.2 Å². The number of amides is 1. The fourth-order valence-corrected chi connectivity index (χ4v) is 6.78. The van der Waals surface area contributed by atoms with Crippen LogP contribution in [0.3, 0.4) is 0 Å². The number of aromatic nitrogens is 2. The minimum Gasteiger partial charge on any atom is -0.483 e. The Morgan fingerprint density at radius 1 is 1.07 bits per heavy atom. The molecule has 1 N–H and O–H groups in total. The number of sulfonamides is 1. The van der Waals surface area contributed by atoms with Crippen LogP contribution in [0.15, 0.2) is 52.3 Å². The van der Waals surface area contributed by atoms with E-state index in [1.54, 1.807) is 4.90 Å². The second kappa shape index (κ2) is 11.9. The van der Waals surface area contributed by atoms with Crippen molar-refractivity contribution in [2.75, 3.05) is 36.4 Å². The second-order valence-electron chi connectivity index (χ2n) is 10.1. The first-order valence-corrected chi connectivity index (χ1v) is 15.0. The highest BCUT2D eigenvalue weighted by Crippen LogP contribution is 2.32. The summed E-state index contributed by atoms with van der Waals surface area (Å²) in [6, 6.07) is 6.59. The molecular formula is C27H27ClF3N5O5S. The molecule has 1 aromatic heterocycles. The van der Waals surface area contributed by atoms with Gasteiger partial charge in [-0.2, -0.15) is 14.1 Å². The van der Waals surface area contributed by atoms with Crippen LogP contribution in [0.4, 0.5) is 24.5 Å². The monoisotopic (exact) mass is 625 g/mol. The predicted molar refractivity (Wildman–Crippen MR) is 150 cm³/mol. The van der Waals surface area contributed by atoms with Crippen LogP contribution in [0.25, 0.3) is 5.69 Å². The molecule has 5 rings (SSSR count). The number of nitrogens with zero attached hydrogens (tertiary/aromatic N) is 4. The fourth-order valence-electron chi connectivity index (χ4n) is 5.04. The number of nitrogens with one attached hydrogen (secondary N) is 1. The third-order valence-electron chi connectivity index (χ3n) is 7.08. The molecule has 1 saturated carbocycles. The largest absolute Gasteiger partial charge is 0.483 e. The van der Waals surface area contributed by atoms with Gasteiger partial charge in [-0.05, 0) is 43.2 Å². The molecule has 42 heavy (non-hydrogen) atoms. The van der Waals surface area contributed by atoms with Gasteiger partial charge in [0.1, 0.15) is 29.6 Å². The van der Waals surface area contributed by atoms with Crippen molar-refractivity contribution in [3.05, 3.63) is 69.6 Å². The summed E-state index contributed by atoms with van der Waals surface area (Å²) in [7, 11) is -3.95. The molecule has 1 aliphatic heterocycles. The summed E-state index contributed by atoms with van der Waals surface area (Å²) in [4.78, 5) is 26.5. The summed E-state index contributed by atoms with van der Waals surface area (Å²) in [6.07, 6.45) is 0.400. The molecule has 0 bridgehead atoms. The average Bonchev–Trinajstić information content (AvgIpc) is 3.34. The highest BCUT2D eigenvalue weighted by atomic mass is 35.5. The van der Waals surface area contributed by atoms with Gasteiger partial charge >= 0.3 is 5.56 Å². The number of carbonyl (C=O) groups is 1. The summed E-state index contributed by atoms with van der Waals surface area (Å²) in [6.45, 7) is 1.70. The number of alkyl halides is 1. The predicted octanol–water partition coefficient (Wildman–Crippen LogP) is 3.90. The van der Waals surface area contributed by atoms with Crippen LogP contribution in [0, 0.1) is 11.6 Å². The van der Waals surface area contributed by atoms with Crippen molar-refractivity contribution < 1.29 is 31.1 Å². The van der Waals surface area contributed by atoms with Crippen LogP contribution in [-0.2, 0) is 14.8 Å². The summed E-state index contributed by atoms with van der Waals surface area (Å²) in [5.41, 5.74) is -0.397. The molecule has 10 nitrogen and oxygen atoms in total. The van der Waals surface area contributed by atoms with E-state index >= 15 is 0 Å². The number of rotatable bonds is 7. The van der Waals surface area contributed by atoms with Gasteiger partial charge in [-0.1, -0.05) is 11.6 Å². The normalized spacial score (nSPS) is 19.6. The van der Waals surface area contributed by atoms with E-state index < -0.39 is 39.5 Å². The van der Waals surface area contributed by atoms with E-state index in [2.05, 4.69) is 10.4 Å². The Kier molecular flexibility index (Phi) is 8.49. The number of hydrogen-bond acceptors (Lipinski definition) is 7. The number of anilines is 2. The number of hydrogen-bond donors (Lipinski definition) is 1. The highest BCUT2D eigenvalue weighted by molar-refractivity contribution is 7.89. The quantitative estimate of drug-likeness (QED) is 0.424. The minimum absolute atomic E-state index is 0.0427. The Hall–Kier alpha value is -3.62. The highest BCUT2D eigenvalue weighted by Gasteiger charge is 2.33. The Labute approximate surface area is 244 Å². The topological polar surface area (TPSA) is 114 Å². The molecule has 224 valence electrons.